The van der Waals surface area contributed by atoms with Gasteiger partial charge in [0.05, 0.1) is 18.6 Å². The fourth-order valence-corrected chi connectivity index (χ4v) is 3.65. The summed E-state index contributed by atoms with van der Waals surface area (Å²) < 4.78 is 10.4. The van der Waals surface area contributed by atoms with Crippen LogP contribution in [-0.4, -0.2) is 58.1 Å². The van der Waals surface area contributed by atoms with E-state index in [1.807, 2.05) is 11.8 Å². The number of aliphatic hydroxyl groups excluding tert-OH is 1. The van der Waals surface area contributed by atoms with E-state index in [-0.39, 0.29) is 30.0 Å². The van der Waals surface area contributed by atoms with Gasteiger partial charge in [-0.05, 0) is 26.7 Å². The zero-order valence-corrected chi connectivity index (χ0v) is 13.1. The number of ether oxygens (including phenoxy) is 1. The maximum Gasteiger partial charge on any atom is 0.228 e. The summed E-state index contributed by atoms with van der Waals surface area (Å²) in [5.41, 5.74) is 1.10. The maximum atomic E-state index is 12.3. The molecule has 1 saturated carbocycles. The molecule has 0 bridgehead atoms. The Kier molecular flexibility index (Phi) is 4.18. The first kappa shape index (κ1) is 15.4. The molecule has 1 spiro atoms. The number of aromatic nitrogens is 2. The lowest BCUT2D eigenvalue weighted by atomic mass is 9.58. The third-order valence-corrected chi connectivity index (χ3v) is 5.22. The highest BCUT2D eigenvalue weighted by Crippen LogP contribution is 2.50. The van der Waals surface area contributed by atoms with Gasteiger partial charge >= 0.3 is 0 Å². The Bertz CT molecular complexity index is 535. The summed E-state index contributed by atoms with van der Waals surface area (Å²) in [5.74, 6) is 0.0374. The van der Waals surface area contributed by atoms with Crippen molar-refractivity contribution < 1.29 is 19.3 Å². The molecule has 1 amide bonds. The molecule has 2 heterocycles. The molecule has 2 fully saturated rings. The van der Waals surface area contributed by atoms with Crippen molar-refractivity contribution in [2.24, 2.45) is 5.41 Å². The van der Waals surface area contributed by atoms with Crippen molar-refractivity contribution in [3.8, 4) is 0 Å². The standard InChI is InChI=1S/C15H23N3O4/c1-3-21-13-9-12(19)15(13)4-6-18(7-5-15)14(20)8-11-10(2)16-22-17-11/h12-13,19H,3-9H2,1-2H3/t12-,13+/m0/s1. The number of carbonyl (C=O) groups excluding carboxylic acids is 1. The predicted molar refractivity (Wildman–Crippen MR) is 77.0 cm³/mol. The van der Waals surface area contributed by atoms with E-state index in [1.54, 1.807) is 6.92 Å². The minimum atomic E-state index is -0.303. The fraction of sp³-hybridized carbons (Fsp3) is 0.800. The van der Waals surface area contributed by atoms with Crippen LogP contribution in [0.15, 0.2) is 4.63 Å². The van der Waals surface area contributed by atoms with E-state index in [2.05, 4.69) is 14.9 Å². The van der Waals surface area contributed by atoms with E-state index in [4.69, 9.17) is 4.74 Å². The minimum absolute atomic E-state index is 0.0374. The smallest absolute Gasteiger partial charge is 0.228 e. The van der Waals surface area contributed by atoms with Crippen molar-refractivity contribution in [2.45, 2.75) is 51.7 Å². The van der Waals surface area contributed by atoms with E-state index in [1.165, 1.54) is 0 Å². The van der Waals surface area contributed by atoms with Gasteiger partial charge in [-0.2, -0.15) is 0 Å². The normalized spacial score (nSPS) is 27.0. The summed E-state index contributed by atoms with van der Waals surface area (Å²) in [4.78, 5) is 14.2. The number of hydrogen-bond acceptors (Lipinski definition) is 6. The van der Waals surface area contributed by atoms with Gasteiger partial charge in [0.25, 0.3) is 0 Å². The number of nitrogens with zero attached hydrogens (tertiary/aromatic N) is 3. The molecule has 0 radical (unpaired) electrons. The van der Waals surface area contributed by atoms with E-state index in [9.17, 15) is 9.90 Å². The van der Waals surface area contributed by atoms with Crippen LogP contribution in [0.2, 0.25) is 0 Å². The number of aliphatic hydroxyl groups is 1. The van der Waals surface area contributed by atoms with Gasteiger partial charge in [-0.15, -0.1) is 0 Å². The van der Waals surface area contributed by atoms with Crippen LogP contribution in [0.25, 0.3) is 0 Å². The van der Waals surface area contributed by atoms with Gasteiger partial charge in [0.15, 0.2) is 0 Å². The van der Waals surface area contributed by atoms with Crippen molar-refractivity contribution in [2.75, 3.05) is 19.7 Å². The highest BCUT2D eigenvalue weighted by atomic mass is 16.6. The zero-order valence-electron chi connectivity index (χ0n) is 13.1. The van der Waals surface area contributed by atoms with Gasteiger partial charge in [-0.1, -0.05) is 10.3 Å². The number of likely N-dealkylation sites (tertiary alicyclic amines) is 1. The largest absolute Gasteiger partial charge is 0.392 e. The molecule has 1 aliphatic heterocycles. The molecule has 0 unspecified atom stereocenters. The molecule has 2 atom stereocenters. The number of hydrogen-bond donors (Lipinski definition) is 1. The van der Waals surface area contributed by atoms with Crippen molar-refractivity contribution >= 4 is 5.91 Å². The number of piperidine rings is 1. The van der Waals surface area contributed by atoms with Gasteiger partial charge in [0, 0.05) is 31.5 Å². The Morgan fingerprint density at radius 2 is 2.18 bits per heavy atom. The number of carbonyl (C=O) groups is 1. The number of rotatable bonds is 4. The molecule has 1 aromatic heterocycles. The molecule has 1 saturated heterocycles. The Hall–Kier alpha value is -1.47. The summed E-state index contributed by atoms with van der Waals surface area (Å²) in [6, 6.07) is 0. The quantitative estimate of drug-likeness (QED) is 0.880. The summed E-state index contributed by atoms with van der Waals surface area (Å²) >= 11 is 0. The monoisotopic (exact) mass is 309 g/mol. The van der Waals surface area contributed by atoms with Crippen LogP contribution >= 0.6 is 0 Å². The van der Waals surface area contributed by atoms with Crippen molar-refractivity contribution in [3.63, 3.8) is 0 Å². The second-order valence-electron chi connectivity index (χ2n) is 6.28. The second kappa shape index (κ2) is 5.96. The maximum absolute atomic E-state index is 12.3. The SMILES string of the molecule is CCO[C@@H]1C[C@H](O)C12CCN(C(=O)Cc1nonc1C)CC2. The lowest BCUT2D eigenvalue weighted by Crippen LogP contribution is -2.62. The molecule has 0 aromatic carbocycles. The fourth-order valence-electron chi connectivity index (χ4n) is 3.65. The number of aryl methyl sites for hydroxylation is 1. The van der Waals surface area contributed by atoms with E-state index in [0.717, 1.165) is 12.8 Å². The van der Waals surface area contributed by atoms with Crippen LogP contribution < -0.4 is 0 Å². The van der Waals surface area contributed by atoms with E-state index in [0.29, 0.717) is 37.5 Å². The molecular formula is C15H23N3O4. The summed E-state index contributed by atoms with van der Waals surface area (Å²) in [6.07, 6.45) is 2.35. The van der Waals surface area contributed by atoms with Crippen LogP contribution in [0.3, 0.4) is 0 Å². The van der Waals surface area contributed by atoms with Gasteiger partial charge in [-0.25, -0.2) is 4.63 Å². The Labute approximate surface area is 129 Å². The Morgan fingerprint density at radius 1 is 1.45 bits per heavy atom. The highest BCUT2D eigenvalue weighted by Gasteiger charge is 2.56. The van der Waals surface area contributed by atoms with Crippen LogP contribution in [0.5, 0.6) is 0 Å². The second-order valence-corrected chi connectivity index (χ2v) is 6.28. The van der Waals surface area contributed by atoms with Crippen molar-refractivity contribution in [1.29, 1.82) is 0 Å². The average molecular weight is 309 g/mol. The molecule has 1 aromatic rings. The summed E-state index contributed by atoms with van der Waals surface area (Å²) in [5, 5.41) is 17.6. The molecule has 1 aliphatic carbocycles. The highest BCUT2D eigenvalue weighted by molar-refractivity contribution is 5.78. The Morgan fingerprint density at radius 3 is 2.73 bits per heavy atom. The van der Waals surface area contributed by atoms with Crippen molar-refractivity contribution in [3.05, 3.63) is 11.4 Å². The third-order valence-electron chi connectivity index (χ3n) is 5.22. The zero-order chi connectivity index (χ0) is 15.7. The van der Waals surface area contributed by atoms with Crippen LogP contribution in [0, 0.1) is 12.3 Å². The molecule has 7 heteroatoms. The van der Waals surface area contributed by atoms with E-state index < -0.39 is 0 Å². The topological polar surface area (TPSA) is 88.7 Å². The molecule has 22 heavy (non-hydrogen) atoms. The minimum Gasteiger partial charge on any atom is -0.392 e. The first-order valence-corrected chi connectivity index (χ1v) is 7.92. The molecule has 3 rings (SSSR count). The van der Waals surface area contributed by atoms with E-state index >= 15 is 0 Å². The summed E-state index contributed by atoms with van der Waals surface area (Å²) in [7, 11) is 0. The van der Waals surface area contributed by atoms with Crippen LogP contribution in [0.1, 0.15) is 37.6 Å². The first-order valence-electron chi connectivity index (χ1n) is 7.92. The van der Waals surface area contributed by atoms with Gasteiger partial charge < -0.3 is 14.7 Å². The van der Waals surface area contributed by atoms with Crippen LogP contribution in [0.4, 0.5) is 0 Å². The average Bonchev–Trinajstić information content (AvgIpc) is 2.92. The molecular weight excluding hydrogens is 286 g/mol. The predicted octanol–water partition coefficient (Wildman–Crippen LogP) is 0.699. The van der Waals surface area contributed by atoms with Crippen molar-refractivity contribution in [1.82, 2.24) is 15.2 Å². The molecule has 122 valence electrons. The third kappa shape index (κ3) is 2.52. The van der Waals surface area contributed by atoms with Crippen LogP contribution in [-0.2, 0) is 16.0 Å². The lowest BCUT2D eigenvalue weighted by Gasteiger charge is -2.56. The molecule has 1 N–H and O–H groups in total. The first-order chi connectivity index (χ1) is 10.6. The molecule has 7 nitrogen and oxygen atoms in total. The number of amides is 1. The lowest BCUT2D eigenvalue weighted by molar-refractivity contribution is -0.210. The van der Waals surface area contributed by atoms with Gasteiger partial charge in [0.2, 0.25) is 5.91 Å². The van der Waals surface area contributed by atoms with Gasteiger partial charge in [0.1, 0.15) is 11.4 Å². The molecule has 2 aliphatic rings. The van der Waals surface area contributed by atoms with Gasteiger partial charge in [-0.3, -0.25) is 4.79 Å². The Balaban J connectivity index is 1.57. The summed E-state index contributed by atoms with van der Waals surface area (Å²) in [6.45, 7) is 5.74.